The maximum atomic E-state index is 12.4. The molecule has 0 spiro atoms. The summed E-state index contributed by atoms with van der Waals surface area (Å²) in [4.78, 5) is 4.01. The Hall–Kier alpha value is -1.34. The second kappa shape index (κ2) is 4.74. The predicted molar refractivity (Wildman–Crippen MR) is 70.2 cm³/mol. The summed E-state index contributed by atoms with van der Waals surface area (Å²) in [6, 6.07) is 4.82. The van der Waals surface area contributed by atoms with Gasteiger partial charge < -0.3 is 4.74 Å². The van der Waals surface area contributed by atoms with Crippen molar-refractivity contribution < 1.29 is 13.2 Å². The van der Waals surface area contributed by atoms with E-state index in [1.807, 2.05) is 0 Å². The molecule has 18 heavy (non-hydrogen) atoms. The molecule has 0 aliphatic heterocycles. The highest BCUT2D eigenvalue weighted by molar-refractivity contribution is 9.10. The minimum Gasteiger partial charge on any atom is -0.495 e. The highest BCUT2D eigenvalue weighted by Crippen LogP contribution is 2.28. The minimum absolute atomic E-state index is 0.0942. The van der Waals surface area contributed by atoms with E-state index in [2.05, 4.69) is 20.9 Å². The quantitative estimate of drug-likeness (QED) is 0.865. The SMILES string of the molecule is COc1ccc(Br)cc1S(=O)(=O)n1cnc(C)c1. The average Bonchev–Trinajstić information content (AvgIpc) is 2.76. The van der Waals surface area contributed by atoms with Crippen molar-refractivity contribution in [1.82, 2.24) is 8.96 Å². The lowest BCUT2D eigenvalue weighted by atomic mass is 10.3. The second-order valence-electron chi connectivity index (χ2n) is 3.65. The van der Waals surface area contributed by atoms with E-state index in [0.717, 1.165) is 3.97 Å². The largest absolute Gasteiger partial charge is 0.495 e. The first kappa shape index (κ1) is 13.1. The van der Waals surface area contributed by atoms with Crippen LogP contribution in [0.2, 0.25) is 0 Å². The van der Waals surface area contributed by atoms with E-state index in [1.54, 1.807) is 19.1 Å². The summed E-state index contributed by atoms with van der Waals surface area (Å²) < 4.78 is 31.6. The maximum absolute atomic E-state index is 12.4. The Morgan fingerprint density at radius 1 is 1.39 bits per heavy atom. The Balaban J connectivity index is 2.64. The van der Waals surface area contributed by atoms with Gasteiger partial charge in [-0.05, 0) is 25.1 Å². The molecule has 0 aliphatic carbocycles. The third-order valence-electron chi connectivity index (χ3n) is 2.37. The highest BCUT2D eigenvalue weighted by Gasteiger charge is 2.22. The summed E-state index contributed by atoms with van der Waals surface area (Å²) >= 11 is 3.25. The lowest BCUT2D eigenvalue weighted by Crippen LogP contribution is -2.12. The number of aromatic nitrogens is 2. The number of halogens is 1. The van der Waals surface area contributed by atoms with Gasteiger partial charge in [-0.3, -0.25) is 0 Å². The van der Waals surface area contributed by atoms with Gasteiger partial charge >= 0.3 is 0 Å². The van der Waals surface area contributed by atoms with E-state index in [1.165, 1.54) is 25.7 Å². The molecule has 2 rings (SSSR count). The summed E-state index contributed by atoms with van der Waals surface area (Å²) in [5.41, 5.74) is 0.632. The minimum atomic E-state index is -3.68. The number of aryl methyl sites for hydroxylation is 1. The van der Waals surface area contributed by atoms with Crippen molar-refractivity contribution in [3.05, 3.63) is 40.9 Å². The van der Waals surface area contributed by atoms with Crippen LogP contribution in [0.4, 0.5) is 0 Å². The number of ether oxygens (including phenoxy) is 1. The van der Waals surface area contributed by atoms with E-state index >= 15 is 0 Å². The fourth-order valence-corrected chi connectivity index (χ4v) is 3.38. The summed E-state index contributed by atoms with van der Waals surface area (Å²) in [6.07, 6.45) is 2.72. The Bertz CT molecular complexity index is 679. The van der Waals surface area contributed by atoms with Crippen LogP contribution in [0.15, 0.2) is 40.1 Å². The van der Waals surface area contributed by atoms with Crippen LogP contribution < -0.4 is 4.74 Å². The standard InChI is InChI=1S/C11H11BrN2O3S/c1-8-6-14(7-13-8)18(15,16)11-5-9(12)3-4-10(11)17-2/h3-7H,1-2H3. The molecule has 1 heterocycles. The van der Waals surface area contributed by atoms with Gasteiger partial charge in [0.15, 0.2) is 0 Å². The molecule has 96 valence electrons. The van der Waals surface area contributed by atoms with Gasteiger partial charge in [-0.25, -0.2) is 17.4 Å². The lowest BCUT2D eigenvalue weighted by Gasteiger charge is -2.10. The molecule has 0 amide bonds. The van der Waals surface area contributed by atoms with Gasteiger partial charge in [0.1, 0.15) is 17.0 Å². The zero-order valence-electron chi connectivity index (χ0n) is 9.79. The summed E-state index contributed by atoms with van der Waals surface area (Å²) in [7, 11) is -2.25. The Kier molecular flexibility index (Phi) is 3.45. The maximum Gasteiger partial charge on any atom is 0.272 e. The zero-order valence-corrected chi connectivity index (χ0v) is 12.2. The first-order valence-electron chi connectivity index (χ1n) is 5.05. The number of hydrogen-bond donors (Lipinski definition) is 0. The molecule has 0 saturated heterocycles. The van der Waals surface area contributed by atoms with Gasteiger partial charge in [0.05, 0.1) is 12.8 Å². The fourth-order valence-electron chi connectivity index (χ4n) is 1.50. The molecule has 2 aromatic rings. The topological polar surface area (TPSA) is 61.2 Å². The van der Waals surface area contributed by atoms with Crippen LogP contribution >= 0.6 is 15.9 Å². The predicted octanol–water partition coefficient (Wildman–Crippen LogP) is 2.20. The molecule has 0 unspecified atom stereocenters. The molecule has 1 aromatic carbocycles. The molecule has 7 heteroatoms. The number of hydrogen-bond acceptors (Lipinski definition) is 4. The van der Waals surface area contributed by atoms with E-state index in [9.17, 15) is 8.42 Å². The third kappa shape index (κ3) is 2.28. The van der Waals surface area contributed by atoms with Crippen LogP contribution in [-0.2, 0) is 10.0 Å². The molecule has 0 aliphatic rings. The molecule has 0 saturated carbocycles. The molecule has 5 nitrogen and oxygen atoms in total. The third-order valence-corrected chi connectivity index (χ3v) is 4.49. The van der Waals surface area contributed by atoms with Crippen molar-refractivity contribution in [3.8, 4) is 5.75 Å². The van der Waals surface area contributed by atoms with Crippen molar-refractivity contribution in [2.45, 2.75) is 11.8 Å². The Labute approximate surface area is 114 Å². The van der Waals surface area contributed by atoms with E-state index in [-0.39, 0.29) is 4.90 Å². The van der Waals surface area contributed by atoms with E-state index < -0.39 is 10.0 Å². The van der Waals surface area contributed by atoms with Crippen molar-refractivity contribution in [2.24, 2.45) is 0 Å². The number of nitrogens with zero attached hydrogens (tertiary/aromatic N) is 2. The molecule has 0 atom stereocenters. The van der Waals surface area contributed by atoms with Gasteiger partial charge in [0.2, 0.25) is 0 Å². The first-order chi connectivity index (χ1) is 8.45. The van der Waals surface area contributed by atoms with Crippen molar-refractivity contribution in [3.63, 3.8) is 0 Å². The second-order valence-corrected chi connectivity index (χ2v) is 6.37. The summed E-state index contributed by atoms with van der Waals surface area (Å²) in [6.45, 7) is 1.73. The van der Waals surface area contributed by atoms with Crippen molar-refractivity contribution >= 4 is 26.0 Å². The summed E-state index contributed by atoms with van der Waals surface area (Å²) in [5.74, 6) is 0.296. The number of imidazole rings is 1. The Morgan fingerprint density at radius 2 is 2.11 bits per heavy atom. The van der Waals surface area contributed by atoms with Crippen LogP contribution in [0.3, 0.4) is 0 Å². The smallest absolute Gasteiger partial charge is 0.272 e. The van der Waals surface area contributed by atoms with Crippen LogP contribution in [0.5, 0.6) is 5.75 Å². The molecule has 0 fully saturated rings. The average molecular weight is 331 g/mol. The van der Waals surface area contributed by atoms with Gasteiger partial charge in [-0.1, -0.05) is 15.9 Å². The van der Waals surface area contributed by atoms with Crippen LogP contribution in [0.1, 0.15) is 5.69 Å². The van der Waals surface area contributed by atoms with Crippen molar-refractivity contribution in [1.29, 1.82) is 0 Å². The normalized spacial score (nSPS) is 11.5. The van der Waals surface area contributed by atoms with Gasteiger partial charge in [-0.2, -0.15) is 0 Å². The van der Waals surface area contributed by atoms with E-state index in [0.29, 0.717) is 15.9 Å². The van der Waals surface area contributed by atoms with Crippen LogP contribution in [0, 0.1) is 6.92 Å². The number of benzene rings is 1. The Morgan fingerprint density at radius 3 is 2.67 bits per heavy atom. The van der Waals surface area contributed by atoms with Gasteiger partial charge in [-0.15, -0.1) is 0 Å². The molecule has 0 radical (unpaired) electrons. The van der Waals surface area contributed by atoms with Gasteiger partial charge in [0.25, 0.3) is 10.0 Å². The summed E-state index contributed by atoms with van der Waals surface area (Å²) in [5, 5.41) is 0. The highest BCUT2D eigenvalue weighted by atomic mass is 79.9. The molecular weight excluding hydrogens is 320 g/mol. The monoisotopic (exact) mass is 330 g/mol. The number of rotatable bonds is 3. The number of methoxy groups -OCH3 is 1. The molecule has 0 bridgehead atoms. The van der Waals surface area contributed by atoms with Crippen molar-refractivity contribution in [2.75, 3.05) is 7.11 Å². The molecule has 1 aromatic heterocycles. The fraction of sp³-hybridized carbons (Fsp3) is 0.182. The lowest BCUT2D eigenvalue weighted by molar-refractivity contribution is 0.402. The molecular formula is C11H11BrN2O3S. The molecule has 0 N–H and O–H groups in total. The first-order valence-corrected chi connectivity index (χ1v) is 7.28. The van der Waals surface area contributed by atoms with Crippen LogP contribution in [-0.4, -0.2) is 24.5 Å². The van der Waals surface area contributed by atoms with E-state index in [4.69, 9.17) is 4.74 Å². The van der Waals surface area contributed by atoms with Gasteiger partial charge in [0, 0.05) is 10.7 Å². The van der Waals surface area contributed by atoms with Crippen LogP contribution in [0.25, 0.3) is 0 Å². The zero-order chi connectivity index (χ0) is 13.3.